The largest absolute Gasteiger partial charge is 0.368 e. The van der Waals surface area contributed by atoms with Crippen molar-refractivity contribution in [2.45, 2.75) is 25.8 Å². The van der Waals surface area contributed by atoms with Crippen molar-refractivity contribution in [3.63, 3.8) is 0 Å². The smallest absolute Gasteiger partial charge is 0.165 e. The van der Waals surface area contributed by atoms with Crippen LogP contribution in [0.1, 0.15) is 18.7 Å². The van der Waals surface area contributed by atoms with Crippen LogP contribution in [0.4, 0.5) is 11.5 Å². The van der Waals surface area contributed by atoms with Crippen molar-refractivity contribution in [1.82, 2.24) is 19.5 Å². The Morgan fingerprint density at radius 1 is 0.923 bits per heavy atom. The van der Waals surface area contributed by atoms with Crippen LogP contribution in [0.5, 0.6) is 0 Å². The van der Waals surface area contributed by atoms with Crippen LogP contribution < -0.4 is 9.80 Å². The van der Waals surface area contributed by atoms with Crippen LogP contribution in [0.2, 0.25) is 5.02 Å². The molecule has 1 fully saturated rings. The van der Waals surface area contributed by atoms with E-state index < -0.39 is 0 Å². The first-order valence-electron chi connectivity index (χ1n) is 9.25. The number of nitrogens with zero attached hydrogens (tertiary/aromatic N) is 6. The van der Waals surface area contributed by atoms with E-state index in [0.717, 1.165) is 67.0 Å². The van der Waals surface area contributed by atoms with Crippen molar-refractivity contribution in [3.8, 4) is 0 Å². The van der Waals surface area contributed by atoms with Crippen LogP contribution in [0, 0.1) is 0 Å². The van der Waals surface area contributed by atoms with Gasteiger partial charge in [0.05, 0.1) is 0 Å². The van der Waals surface area contributed by atoms with Gasteiger partial charge in [0.2, 0.25) is 0 Å². The molecule has 0 unspecified atom stereocenters. The Hall–Kier alpha value is -2.34. The molecule has 1 aromatic carbocycles. The third-order valence-electron chi connectivity index (χ3n) is 5.38. The minimum absolute atomic E-state index is 0.783. The third-order valence-corrected chi connectivity index (χ3v) is 5.61. The van der Waals surface area contributed by atoms with Crippen molar-refractivity contribution in [2.24, 2.45) is 0 Å². The molecule has 0 aliphatic carbocycles. The maximum absolute atomic E-state index is 6.14. The van der Waals surface area contributed by atoms with Gasteiger partial charge >= 0.3 is 0 Å². The van der Waals surface area contributed by atoms with Crippen LogP contribution in [0.15, 0.2) is 30.6 Å². The van der Waals surface area contributed by atoms with E-state index in [-0.39, 0.29) is 0 Å². The molecular weight excluding hydrogens is 348 g/mol. The molecule has 0 radical (unpaired) electrons. The van der Waals surface area contributed by atoms with E-state index in [1.165, 1.54) is 18.5 Å². The second-order valence-corrected chi connectivity index (χ2v) is 7.40. The molecule has 2 aromatic heterocycles. The Bertz CT molecular complexity index is 944. The van der Waals surface area contributed by atoms with Crippen molar-refractivity contribution >= 4 is 34.3 Å². The van der Waals surface area contributed by atoms with E-state index in [4.69, 9.17) is 16.6 Å². The molecule has 1 saturated heterocycles. The molecule has 0 amide bonds. The minimum atomic E-state index is 0.783. The lowest BCUT2D eigenvalue weighted by Crippen LogP contribution is -2.47. The molecule has 0 N–H and O–H groups in total. The van der Waals surface area contributed by atoms with E-state index in [9.17, 15) is 0 Å². The van der Waals surface area contributed by atoms with Gasteiger partial charge in [0.1, 0.15) is 12.2 Å². The Balaban J connectivity index is 1.41. The first-order chi connectivity index (χ1) is 12.8. The quantitative estimate of drug-likeness (QED) is 0.695. The number of aromatic nitrogens is 4. The number of fused-ring (bicyclic) bond motifs is 3. The second kappa shape index (κ2) is 6.43. The van der Waals surface area contributed by atoms with Crippen molar-refractivity contribution in [1.29, 1.82) is 0 Å². The van der Waals surface area contributed by atoms with E-state index >= 15 is 0 Å². The van der Waals surface area contributed by atoms with Gasteiger partial charge in [0, 0.05) is 49.9 Å². The normalized spacial score (nSPS) is 17.6. The van der Waals surface area contributed by atoms with Crippen LogP contribution in [0.3, 0.4) is 0 Å². The highest BCUT2D eigenvalue weighted by molar-refractivity contribution is 6.30. The summed E-state index contributed by atoms with van der Waals surface area (Å²) in [5, 5.41) is 0.783. The number of aryl methyl sites for hydroxylation is 2. The van der Waals surface area contributed by atoms with Gasteiger partial charge in [0.15, 0.2) is 17.0 Å². The summed E-state index contributed by atoms with van der Waals surface area (Å²) in [4.78, 5) is 18.7. The topological polar surface area (TPSA) is 50.1 Å². The molecule has 2 aliphatic rings. The van der Waals surface area contributed by atoms with Gasteiger partial charge in [-0.25, -0.2) is 15.0 Å². The number of anilines is 2. The molecule has 7 heteroatoms. The zero-order chi connectivity index (χ0) is 17.5. The molecule has 6 nitrogen and oxygen atoms in total. The number of benzene rings is 1. The fourth-order valence-electron chi connectivity index (χ4n) is 4.03. The first-order valence-corrected chi connectivity index (χ1v) is 9.63. The predicted octanol–water partition coefficient (Wildman–Crippen LogP) is 3.14. The summed E-state index contributed by atoms with van der Waals surface area (Å²) in [6.45, 7) is 4.74. The molecule has 134 valence electrons. The Morgan fingerprint density at radius 3 is 2.62 bits per heavy atom. The highest BCUT2D eigenvalue weighted by Gasteiger charge is 2.24. The van der Waals surface area contributed by atoms with Gasteiger partial charge in [-0.05, 0) is 31.0 Å². The van der Waals surface area contributed by atoms with Crippen LogP contribution >= 0.6 is 11.6 Å². The maximum atomic E-state index is 6.14. The first kappa shape index (κ1) is 15.9. The molecule has 3 aromatic rings. The van der Waals surface area contributed by atoms with Crippen molar-refractivity contribution < 1.29 is 0 Å². The van der Waals surface area contributed by atoms with Gasteiger partial charge in [-0.15, -0.1) is 0 Å². The monoisotopic (exact) mass is 368 g/mol. The number of halogens is 1. The summed E-state index contributed by atoms with van der Waals surface area (Å²) < 4.78 is 2.27. The lowest BCUT2D eigenvalue weighted by atomic mass is 10.2. The predicted molar refractivity (Wildman–Crippen MR) is 104 cm³/mol. The fourth-order valence-corrected chi connectivity index (χ4v) is 4.21. The van der Waals surface area contributed by atoms with Crippen molar-refractivity contribution in [3.05, 3.63) is 41.4 Å². The SMILES string of the molecule is Clc1cccc(N2CCN(c3ncnc4c3nc3n4CCCC3)CC2)c1. The summed E-state index contributed by atoms with van der Waals surface area (Å²) >= 11 is 6.14. The number of hydrogen-bond acceptors (Lipinski definition) is 5. The Labute approximate surface area is 157 Å². The van der Waals surface area contributed by atoms with Crippen molar-refractivity contribution in [2.75, 3.05) is 36.0 Å². The summed E-state index contributed by atoms with van der Waals surface area (Å²) in [5.74, 6) is 2.13. The van der Waals surface area contributed by atoms with Gasteiger partial charge in [-0.3, -0.25) is 0 Å². The molecule has 26 heavy (non-hydrogen) atoms. The molecule has 0 saturated carbocycles. The Morgan fingerprint density at radius 2 is 1.77 bits per heavy atom. The standard InChI is InChI=1S/C19H21ClN6/c20-14-4-3-5-15(12-14)24-8-10-25(11-9-24)18-17-19(22-13-21-18)26-7-2-1-6-16(26)23-17/h3-5,12-13H,1-2,6-11H2. The number of hydrogen-bond donors (Lipinski definition) is 0. The Kier molecular flexibility index (Phi) is 3.93. The third kappa shape index (κ3) is 2.69. The number of imidazole rings is 1. The zero-order valence-corrected chi connectivity index (χ0v) is 15.4. The molecule has 0 bridgehead atoms. The second-order valence-electron chi connectivity index (χ2n) is 6.96. The van der Waals surface area contributed by atoms with E-state index in [1.807, 2.05) is 18.2 Å². The highest BCUT2D eigenvalue weighted by atomic mass is 35.5. The summed E-state index contributed by atoms with van der Waals surface area (Å²) in [7, 11) is 0. The van der Waals surface area contributed by atoms with E-state index in [0.29, 0.717) is 0 Å². The van der Waals surface area contributed by atoms with Gasteiger partial charge in [-0.2, -0.15) is 0 Å². The highest BCUT2D eigenvalue weighted by Crippen LogP contribution is 2.28. The average molecular weight is 369 g/mol. The van der Waals surface area contributed by atoms with Crippen LogP contribution in [-0.2, 0) is 13.0 Å². The summed E-state index contributed by atoms with van der Waals surface area (Å²) in [5.41, 5.74) is 3.13. The van der Waals surface area contributed by atoms with E-state index in [2.05, 4.69) is 30.4 Å². The molecular formula is C19H21ClN6. The van der Waals surface area contributed by atoms with E-state index in [1.54, 1.807) is 6.33 Å². The summed E-state index contributed by atoms with van der Waals surface area (Å²) in [6, 6.07) is 8.07. The van der Waals surface area contributed by atoms with Crippen LogP contribution in [0.25, 0.3) is 11.2 Å². The molecule has 0 atom stereocenters. The lowest BCUT2D eigenvalue weighted by molar-refractivity contribution is 0.530. The molecule has 2 aliphatic heterocycles. The maximum Gasteiger partial charge on any atom is 0.165 e. The van der Waals surface area contributed by atoms with Gasteiger partial charge in [-0.1, -0.05) is 17.7 Å². The number of piperazine rings is 1. The van der Waals surface area contributed by atoms with Gasteiger partial charge in [0.25, 0.3) is 0 Å². The van der Waals surface area contributed by atoms with Crippen LogP contribution in [-0.4, -0.2) is 45.7 Å². The molecule has 5 rings (SSSR count). The lowest BCUT2D eigenvalue weighted by Gasteiger charge is -2.36. The fraction of sp³-hybridized carbons (Fsp3) is 0.421. The molecule has 4 heterocycles. The molecule has 0 spiro atoms. The van der Waals surface area contributed by atoms with Gasteiger partial charge < -0.3 is 14.4 Å². The average Bonchev–Trinajstić information content (AvgIpc) is 3.07. The minimum Gasteiger partial charge on any atom is -0.368 e. The zero-order valence-electron chi connectivity index (χ0n) is 14.6. The summed E-state index contributed by atoms with van der Waals surface area (Å²) in [6.07, 6.45) is 5.14. The number of rotatable bonds is 2.